The van der Waals surface area contributed by atoms with Gasteiger partial charge in [0.05, 0.1) is 5.56 Å². The number of amides is 1. The first kappa shape index (κ1) is 17.9. The number of rotatable bonds is 7. The van der Waals surface area contributed by atoms with Crippen LogP contribution in [0.25, 0.3) is 0 Å². The van der Waals surface area contributed by atoms with E-state index in [0.717, 1.165) is 21.6 Å². The molecule has 0 bridgehead atoms. The van der Waals surface area contributed by atoms with Gasteiger partial charge >= 0.3 is 23.8 Å². The molecule has 1 aromatic rings. The number of carboxylic acids is 3. The van der Waals surface area contributed by atoms with E-state index in [1.807, 2.05) is 5.32 Å². The fourth-order valence-corrected chi connectivity index (χ4v) is 3.45. The molecule has 118 valence electrons. The van der Waals surface area contributed by atoms with Gasteiger partial charge < -0.3 is 20.6 Å². The molecule has 22 heavy (non-hydrogen) atoms. The number of benzene rings is 1. The first-order chi connectivity index (χ1) is 10.3. The third kappa shape index (κ3) is 5.66. The molecule has 0 unspecified atom stereocenters. The molecule has 1 rings (SSSR count). The molecule has 8 nitrogen and oxygen atoms in total. The van der Waals surface area contributed by atoms with E-state index in [0.29, 0.717) is 4.90 Å². The van der Waals surface area contributed by atoms with Crippen molar-refractivity contribution in [3.63, 3.8) is 0 Å². The van der Waals surface area contributed by atoms with Crippen molar-refractivity contribution in [2.24, 2.45) is 0 Å². The molecule has 1 atom stereocenters. The zero-order valence-corrected chi connectivity index (χ0v) is 12.5. The number of hydrogen-bond acceptors (Lipinski definition) is 6. The summed E-state index contributed by atoms with van der Waals surface area (Å²) in [4.78, 5) is 43.7. The number of nitrogens with one attached hydrogen (secondary N) is 1. The van der Waals surface area contributed by atoms with Crippen molar-refractivity contribution >= 4 is 45.4 Å². The lowest BCUT2D eigenvalue weighted by atomic mass is 10.2. The average molecular weight is 345 g/mol. The maximum atomic E-state index is 11.0. The summed E-state index contributed by atoms with van der Waals surface area (Å²) >= 11 is 0. The number of hydrogen-bond donors (Lipinski definition) is 4. The molecular formula is C12H11NO7S2. The highest BCUT2D eigenvalue weighted by molar-refractivity contribution is 8.76. The second-order valence-corrected chi connectivity index (χ2v) is 6.28. The molecule has 0 saturated heterocycles. The van der Waals surface area contributed by atoms with E-state index < -0.39 is 29.9 Å². The minimum absolute atomic E-state index is 0.0870. The zero-order valence-electron chi connectivity index (χ0n) is 10.9. The quantitative estimate of drug-likeness (QED) is 0.416. The second kappa shape index (κ2) is 8.29. The van der Waals surface area contributed by atoms with Crippen molar-refractivity contribution in [2.75, 3.05) is 5.75 Å². The number of aliphatic carboxylic acids is 2. The van der Waals surface area contributed by atoms with Crippen LogP contribution in [0, 0.1) is 0 Å². The summed E-state index contributed by atoms with van der Waals surface area (Å²) < 4.78 is 0. The van der Waals surface area contributed by atoms with Gasteiger partial charge in [0.25, 0.3) is 0 Å². The molecule has 10 heteroatoms. The Morgan fingerprint density at radius 2 is 1.82 bits per heavy atom. The van der Waals surface area contributed by atoms with E-state index in [1.165, 1.54) is 12.1 Å². The molecule has 0 aromatic heterocycles. The Labute approximate surface area is 132 Å². The van der Waals surface area contributed by atoms with Gasteiger partial charge in [0.15, 0.2) is 0 Å². The van der Waals surface area contributed by atoms with E-state index in [-0.39, 0.29) is 11.3 Å². The fraction of sp³-hybridized carbons (Fsp3) is 0.167. The van der Waals surface area contributed by atoms with Gasteiger partial charge in [-0.2, -0.15) is 0 Å². The number of carbonyl (C=O) groups excluding carboxylic acids is 1. The Balaban J connectivity index is 2.58. The number of carbonyl (C=O) groups is 4. The van der Waals surface area contributed by atoms with Gasteiger partial charge in [-0.05, 0) is 18.2 Å². The topological polar surface area (TPSA) is 141 Å². The van der Waals surface area contributed by atoms with Crippen LogP contribution in [0.1, 0.15) is 10.4 Å². The van der Waals surface area contributed by atoms with Crippen LogP contribution in [0.15, 0.2) is 29.2 Å². The maximum Gasteiger partial charge on any atom is 0.394 e. The predicted molar refractivity (Wildman–Crippen MR) is 78.9 cm³/mol. The second-order valence-electron chi connectivity index (χ2n) is 3.87. The van der Waals surface area contributed by atoms with E-state index in [1.54, 1.807) is 12.1 Å². The summed E-state index contributed by atoms with van der Waals surface area (Å²) in [7, 11) is 2.18. The summed E-state index contributed by atoms with van der Waals surface area (Å²) in [5, 5.41) is 28.1. The fourth-order valence-electron chi connectivity index (χ4n) is 1.25. The zero-order chi connectivity index (χ0) is 16.7. The third-order valence-corrected chi connectivity index (χ3v) is 4.64. The van der Waals surface area contributed by atoms with E-state index >= 15 is 0 Å². The molecule has 4 N–H and O–H groups in total. The Kier molecular flexibility index (Phi) is 6.73. The van der Waals surface area contributed by atoms with Crippen molar-refractivity contribution < 1.29 is 34.5 Å². The van der Waals surface area contributed by atoms with Crippen LogP contribution in [0.4, 0.5) is 0 Å². The van der Waals surface area contributed by atoms with Gasteiger partial charge in [0, 0.05) is 10.6 Å². The number of carboxylic acid groups (broad SMARTS) is 3. The smallest absolute Gasteiger partial charge is 0.394 e. The lowest BCUT2D eigenvalue weighted by Crippen LogP contribution is -2.45. The lowest BCUT2D eigenvalue weighted by molar-refractivity contribution is -0.151. The highest BCUT2D eigenvalue weighted by Crippen LogP contribution is 2.31. The van der Waals surface area contributed by atoms with Gasteiger partial charge in [0.1, 0.15) is 6.04 Å². The standard InChI is InChI=1S/C12H11NO7S2/c14-9(12(19)20)13-8(11(17)18)5-21-22-7-3-1-2-6(4-7)10(15)16/h1-4,8H,5H2,(H,13,14)(H,15,16)(H,17,18)(H,19,20)/t8-/m0/s1. The minimum Gasteiger partial charge on any atom is -0.480 e. The van der Waals surface area contributed by atoms with Crippen molar-refractivity contribution in [1.82, 2.24) is 5.32 Å². The Bertz CT molecular complexity index is 605. The van der Waals surface area contributed by atoms with Gasteiger partial charge in [-0.3, -0.25) is 4.79 Å². The lowest BCUT2D eigenvalue weighted by Gasteiger charge is -2.12. The highest BCUT2D eigenvalue weighted by Gasteiger charge is 2.23. The van der Waals surface area contributed by atoms with Crippen LogP contribution in [0.2, 0.25) is 0 Å². The third-order valence-electron chi connectivity index (χ3n) is 2.27. The van der Waals surface area contributed by atoms with Crippen LogP contribution in [-0.2, 0) is 14.4 Å². The molecular weight excluding hydrogens is 334 g/mol. The van der Waals surface area contributed by atoms with Gasteiger partial charge in [-0.25, -0.2) is 14.4 Å². The van der Waals surface area contributed by atoms with E-state index in [2.05, 4.69) is 0 Å². The van der Waals surface area contributed by atoms with E-state index in [4.69, 9.17) is 15.3 Å². The highest BCUT2D eigenvalue weighted by atomic mass is 33.1. The van der Waals surface area contributed by atoms with Crippen LogP contribution in [-0.4, -0.2) is 50.9 Å². The first-order valence-corrected chi connectivity index (χ1v) is 8.02. The number of aromatic carboxylic acids is 1. The average Bonchev–Trinajstić information content (AvgIpc) is 2.46. The van der Waals surface area contributed by atoms with Crippen LogP contribution in [0.3, 0.4) is 0 Å². The van der Waals surface area contributed by atoms with Crippen molar-refractivity contribution in [2.45, 2.75) is 10.9 Å². The van der Waals surface area contributed by atoms with Crippen LogP contribution >= 0.6 is 21.6 Å². The molecule has 0 saturated carbocycles. The normalized spacial score (nSPS) is 11.5. The van der Waals surface area contributed by atoms with Crippen LogP contribution in [0.5, 0.6) is 0 Å². The molecule has 0 aliphatic heterocycles. The molecule has 0 spiro atoms. The minimum atomic E-state index is -1.77. The van der Waals surface area contributed by atoms with E-state index in [9.17, 15) is 19.2 Å². The first-order valence-electron chi connectivity index (χ1n) is 5.70. The Hall–Kier alpha value is -2.20. The molecule has 0 heterocycles. The predicted octanol–water partition coefficient (Wildman–Crippen LogP) is 0.779. The Morgan fingerprint density at radius 3 is 2.36 bits per heavy atom. The molecule has 0 radical (unpaired) electrons. The summed E-state index contributed by atoms with van der Waals surface area (Å²) in [6.07, 6.45) is 0. The van der Waals surface area contributed by atoms with Crippen molar-refractivity contribution in [1.29, 1.82) is 0 Å². The molecule has 1 aromatic carbocycles. The molecule has 0 aliphatic carbocycles. The van der Waals surface area contributed by atoms with Crippen LogP contribution < -0.4 is 5.32 Å². The van der Waals surface area contributed by atoms with Gasteiger partial charge in [-0.15, -0.1) is 0 Å². The molecule has 1 amide bonds. The Morgan fingerprint density at radius 1 is 1.14 bits per heavy atom. The van der Waals surface area contributed by atoms with Gasteiger partial charge in [0.2, 0.25) is 0 Å². The summed E-state index contributed by atoms with van der Waals surface area (Å²) in [6, 6.07) is 4.68. The largest absolute Gasteiger partial charge is 0.480 e. The maximum absolute atomic E-state index is 11.0. The van der Waals surface area contributed by atoms with Gasteiger partial charge in [-0.1, -0.05) is 27.7 Å². The molecule has 0 aliphatic rings. The summed E-state index contributed by atoms with van der Waals surface area (Å²) in [5.74, 6) is -5.69. The SMILES string of the molecule is O=C(O)C(=O)N[C@@H](CSSc1cccc(C(=O)O)c1)C(=O)O. The summed E-state index contributed by atoms with van der Waals surface area (Å²) in [6.45, 7) is 0. The van der Waals surface area contributed by atoms with Crippen molar-refractivity contribution in [3.05, 3.63) is 29.8 Å². The summed E-state index contributed by atoms with van der Waals surface area (Å²) in [5.41, 5.74) is 0.0968. The molecule has 0 fully saturated rings. The monoisotopic (exact) mass is 345 g/mol. The van der Waals surface area contributed by atoms with Crippen molar-refractivity contribution in [3.8, 4) is 0 Å².